The minimum atomic E-state index is -0.563. The Morgan fingerprint density at radius 1 is 1.22 bits per heavy atom. The van der Waals surface area contributed by atoms with Crippen LogP contribution in [0, 0.1) is 5.41 Å². The summed E-state index contributed by atoms with van der Waals surface area (Å²) in [5.41, 5.74) is 0.514. The summed E-state index contributed by atoms with van der Waals surface area (Å²) in [6.07, 6.45) is 9.43. The highest BCUT2D eigenvalue weighted by Gasteiger charge is 2.43. The summed E-state index contributed by atoms with van der Waals surface area (Å²) in [6, 6.07) is 3.25. The van der Waals surface area contributed by atoms with Crippen molar-refractivity contribution in [3.05, 3.63) is 34.2 Å². The van der Waals surface area contributed by atoms with Crippen LogP contribution in [0.25, 0.3) is 0 Å². The molecule has 2 fully saturated rings. The third-order valence-corrected chi connectivity index (χ3v) is 5.33. The van der Waals surface area contributed by atoms with Gasteiger partial charge in [-0.15, -0.1) is 0 Å². The Bertz CT molecular complexity index is 609. The molecule has 0 aromatic carbocycles. The first-order chi connectivity index (χ1) is 11.1. The molecule has 3 rings (SSSR count). The van der Waals surface area contributed by atoms with Crippen LogP contribution >= 0.6 is 0 Å². The number of hydrogen-bond donors (Lipinski definition) is 0. The van der Waals surface area contributed by atoms with Crippen molar-refractivity contribution < 1.29 is 9.53 Å². The summed E-state index contributed by atoms with van der Waals surface area (Å²) >= 11 is 0. The number of rotatable bonds is 6. The first-order valence-electron chi connectivity index (χ1n) is 8.64. The van der Waals surface area contributed by atoms with Crippen LogP contribution in [-0.2, 0) is 11.3 Å². The summed E-state index contributed by atoms with van der Waals surface area (Å²) in [5.74, 6) is -0.563. The largest absolute Gasteiger partial charge is 0.465 e. The van der Waals surface area contributed by atoms with Crippen molar-refractivity contribution in [3.8, 4) is 0 Å². The molecule has 1 aromatic heterocycles. The molecule has 23 heavy (non-hydrogen) atoms. The number of nitrogens with zero attached hydrogens (tertiary/aromatic N) is 2. The maximum absolute atomic E-state index is 12.2. The van der Waals surface area contributed by atoms with Gasteiger partial charge in [-0.2, -0.15) is 0 Å². The summed E-state index contributed by atoms with van der Waals surface area (Å²) in [7, 11) is 1.29. The van der Waals surface area contributed by atoms with Gasteiger partial charge in [0.1, 0.15) is 5.56 Å². The number of carbonyl (C=O) groups is 1. The Kier molecular flexibility index (Phi) is 4.85. The molecular formula is C18H26N2O3. The van der Waals surface area contributed by atoms with E-state index in [1.807, 2.05) is 0 Å². The highest BCUT2D eigenvalue weighted by Crippen LogP contribution is 2.45. The zero-order chi connectivity index (χ0) is 16.3. The van der Waals surface area contributed by atoms with E-state index >= 15 is 0 Å². The fourth-order valence-electron chi connectivity index (χ4n) is 4.10. The van der Waals surface area contributed by atoms with Gasteiger partial charge in [0.05, 0.1) is 7.11 Å². The molecule has 0 atom stereocenters. The van der Waals surface area contributed by atoms with Gasteiger partial charge in [0.25, 0.3) is 5.56 Å². The molecule has 1 saturated heterocycles. The third-order valence-electron chi connectivity index (χ3n) is 5.33. The Balaban J connectivity index is 1.43. The van der Waals surface area contributed by atoms with Crippen molar-refractivity contribution in [2.24, 2.45) is 5.41 Å². The third kappa shape index (κ3) is 3.50. The van der Waals surface area contributed by atoms with Gasteiger partial charge in [-0.25, -0.2) is 4.79 Å². The van der Waals surface area contributed by atoms with Crippen molar-refractivity contribution in [1.82, 2.24) is 9.47 Å². The first-order valence-corrected chi connectivity index (χ1v) is 8.64. The van der Waals surface area contributed by atoms with E-state index in [1.54, 1.807) is 16.8 Å². The van der Waals surface area contributed by atoms with E-state index in [0.29, 0.717) is 12.0 Å². The number of methoxy groups -OCH3 is 1. The molecule has 2 aliphatic rings. The predicted octanol–water partition coefficient (Wildman–Crippen LogP) is 2.29. The van der Waals surface area contributed by atoms with Crippen molar-refractivity contribution in [2.45, 2.75) is 45.1 Å². The van der Waals surface area contributed by atoms with Crippen LogP contribution in [0.1, 0.15) is 48.9 Å². The molecule has 0 unspecified atom stereocenters. The summed E-state index contributed by atoms with van der Waals surface area (Å²) < 4.78 is 6.25. The number of aromatic nitrogens is 1. The van der Waals surface area contributed by atoms with E-state index in [-0.39, 0.29) is 11.1 Å². The van der Waals surface area contributed by atoms with Crippen molar-refractivity contribution in [1.29, 1.82) is 0 Å². The topological polar surface area (TPSA) is 51.5 Å². The maximum atomic E-state index is 12.2. The number of likely N-dealkylation sites (tertiary alicyclic amines) is 1. The monoisotopic (exact) mass is 318 g/mol. The van der Waals surface area contributed by atoms with Crippen LogP contribution in [0.5, 0.6) is 0 Å². The van der Waals surface area contributed by atoms with Crippen LogP contribution in [0.2, 0.25) is 0 Å². The normalized spacial score (nSPS) is 19.7. The number of hydrogen-bond acceptors (Lipinski definition) is 4. The van der Waals surface area contributed by atoms with E-state index in [2.05, 4.69) is 9.64 Å². The first kappa shape index (κ1) is 16.2. The molecule has 1 aliphatic carbocycles. The Morgan fingerprint density at radius 3 is 2.61 bits per heavy atom. The molecule has 1 aromatic rings. The van der Waals surface area contributed by atoms with E-state index in [0.717, 1.165) is 19.4 Å². The smallest absolute Gasteiger partial charge is 0.343 e. The highest BCUT2D eigenvalue weighted by molar-refractivity contribution is 5.88. The number of unbranched alkanes of at least 4 members (excludes halogenated alkanes) is 1. The lowest BCUT2D eigenvalue weighted by Gasteiger charge is -2.48. The van der Waals surface area contributed by atoms with Crippen molar-refractivity contribution in [2.75, 3.05) is 26.7 Å². The SMILES string of the molecule is COC(=O)c1cccn(CCCCN2CC3(CCCC3)C2)c1=O. The van der Waals surface area contributed by atoms with Gasteiger partial charge in [0, 0.05) is 25.8 Å². The molecule has 0 radical (unpaired) electrons. The molecule has 0 bridgehead atoms. The number of pyridine rings is 1. The zero-order valence-corrected chi connectivity index (χ0v) is 13.9. The van der Waals surface area contributed by atoms with Gasteiger partial charge in [0.15, 0.2) is 0 Å². The second kappa shape index (κ2) is 6.87. The standard InChI is InChI=1S/C18H26N2O3/c1-23-17(22)15-7-6-12-20(16(15)21)11-5-4-10-19-13-18(14-19)8-2-3-9-18/h6-7,12H,2-5,8-11,13-14H2,1H3. The van der Waals surface area contributed by atoms with Gasteiger partial charge in [-0.3, -0.25) is 4.79 Å². The molecule has 2 heterocycles. The van der Waals surface area contributed by atoms with Crippen molar-refractivity contribution in [3.63, 3.8) is 0 Å². The number of carbonyl (C=O) groups excluding carboxylic acids is 1. The molecule has 126 valence electrons. The number of aryl methyl sites for hydroxylation is 1. The van der Waals surface area contributed by atoms with E-state index in [4.69, 9.17) is 0 Å². The molecule has 1 aliphatic heterocycles. The molecule has 1 saturated carbocycles. The van der Waals surface area contributed by atoms with Crippen LogP contribution in [0.15, 0.2) is 23.1 Å². The zero-order valence-electron chi connectivity index (χ0n) is 13.9. The fraction of sp³-hybridized carbons (Fsp3) is 0.667. The lowest BCUT2D eigenvalue weighted by Crippen LogP contribution is -2.54. The van der Waals surface area contributed by atoms with Crippen LogP contribution in [0.4, 0.5) is 0 Å². The minimum Gasteiger partial charge on any atom is -0.465 e. The lowest BCUT2D eigenvalue weighted by atomic mass is 9.78. The average Bonchev–Trinajstić information content (AvgIpc) is 3.01. The number of ether oxygens (including phenoxy) is 1. The molecule has 5 heteroatoms. The number of esters is 1. The second-order valence-corrected chi connectivity index (χ2v) is 7.04. The van der Waals surface area contributed by atoms with Crippen LogP contribution in [0.3, 0.4) is 0 Å². The molecule has 1 spiro atoms. The Labute approximate surface area is 137 Å². The molecule has 0 N–H and O–H groups in total. The molecule has 0 amide bonds. The predicted molar refractivity (Wildman–Crippen MR) is 88.6 cm³/mol. The van der Waals surface area contributed by atoms with Gasteiger partial charge in [-0.05, 0) is 49.8 Å². The molecule has 5 nitrogen and oxygen atoms in total. The van der Waals surface area contributed by atoms with Gasteiger partial charge < -0.3 is 14.2 Å². The van der Waals surface area contributed by atoms with E-state index in [1.165, 1.54) is 51.9 Å². The van der Waals surface area contributed by atoms with Crippen LogP contribution in [-0.4, -0.2) is 42.2 Å². The van der Waals surface area contributed by atoms with Gasteiger partial charge in [0.2, 0.25) is 0 Å². The summed E-state index contributed by atoms with van der Waals surface area (Å²) in [5, 5.41) is 0. The van der Waals surface area contributed by atoms with E-state index < -0.39 is 5.97 Å². The Morgan fingerprint density at radius 2 is 1.91 bits per heavy atom. The van der Waals surface area contributed by atoms with Crippen LogP contribution < -0.4 is 5.56 Å². The Hall–Kier alpha value is -1.62. The quantitative estimate of drug-likeness (QED) is 0.596. The summed E-state index contributed by atoms with van der Waals surface area (Å²) in [4.78, 5) is 26.3. The van der Waals surface area contributed by atoms with E-state index in [9.17, 15) is 9.59 Å². The summed E-state index contributed by atoms with van der Waals surface area (Å²) in [6.45, 7) is 4.31. The maximum Gasteiger partial charge on any atom is 0.343 e. The fourth-order valence-corrected chi connectivity index (χ4v) is 4.10. The second-order valence-electron chi connectivity index (χ2n) is 7.04. The minimum absolute atomic E-state index is 0.112. The van der Waals surface area contributed by atoms with Crippen molar-refractivity contribution >= 4 is 5.97 Å². The van der Waals surface area contributed by atoms with Gasteiger partial charge in [-0.1, -0.05) is 12.8 Å². The van der Waals surface area contributed by atoms with Gasteiger partial charge >= 0.3 is 5.97 Å². The molecular weight excluding hydrogens is 292 g/mol. The highest BCUT2D eigenvalue weighted by atomic mass is 16.5. The average molecular weight is 318 g/mol. The lowest BCUT2D eigenvalue weighted by molar-refractivity contribution is 0.00512.